The Morgan fingerprint density at radius 3 is 2.25 bits per heavy atom. The summed E-state index contributed by atoms with van der Waals surface area (Å²) in [6.45, 7) is 1.04. The van der Waals surface area contributed by atoms with Crippen molar-refractivity contribution in [1.82, 2.24) is 5.32 Å². The van der Waals surface area contributed by atoms with E-state index >= 15 is 0 Å². The lowest BCUT2D eigenvalue weighted by Gasteiger charge is -2.17. The van der Waals surface area contributed by atoms with Crippen LogP contribution < -0.4 is 5.32 Å². The van der Waals surface area contributed by atoms with Gasteiger partial charge in [0.25, 0.3) is 0 Å². The molecule has 0 saturated carbocycles. The fourth-order valence-corrected chi connectivity index (χ4v) is 1.47. The zero-order valence-electron chi connectivity index (χ0n) is 8.53. The molecule has 0 bridgehead atoms. The zero-order valence-corrected chi connectivity index (χ0v) is 10.3. The summed E-state index contributed by atoms with van der Waals surface area (Å²) in [6.07, 6.45) is 0.0814. The van der Waals surface area contributed by atoms with Crippen molar-refractivity contribution < 1.29 is 29.0 Å². The highest BCUT2D eigenvalue weighted by Crippen LogP contribution is 2.40. The summed E-state index contributed by atoms with van der Waals surface area (Å²) < 4.78 is 10.8. The summed E-state index contributed by atoms with van der Waals surface area (Å²) in [5.74, 6) is -2.01. The van der Waals surface area contributed by atoms with Crippen LogP contribution in [0.5, 0.6) is 0 Å². The van der Waals surface area contributed by atoms with Gasteiger partial charge in [-0.3, -0.25) is 9.36 Å². The van der Waals surface area contributed by atoms with Crippen LogP contribution in [0.15, 0.2) is 0 Å². The molecule has 0 heterocycles. The average Bonchev–Trinajstić information content (AvgIpc) is 2.14. The number of hydrogen-bond donors (Lipinski definition) is 5. The molecule has 0 rings (SSSR count). The number of carboxylic acid groups (broad SMARTS) is 1. The van der Waals surface area contributed by atoms with Crippen molar-refractivity contribution in [3.63, 3.8) is 0 Å². The molecule has 9 heteroatoms. The summed E-state index contributed by atoms with van der Waals surface area (Å²) >= 11 is 3.82. The zero-order chi connectivity index (χ0) is 12.9. The highest BCUT2D eigenvalue weighted by Gasteiger charge is 2.33. The Bertz CT molecular complexity index is 316. The van der Waals surface area contributed by atoms with Crippen LogP contribution in [0.3, 0.4) is 0 Å². The van der Waals surface area contributed by atoms with Crippen LogP contribution in [0, 0.1) is 0 Å². The highest BCUT2D eigenvalue weighted by atomic mass is 32.1. The van der Waals surface area contributed by atoms with E-state index in [1.165, 1.54) is 0 Å². The second kappa shape index (κ2) is 6.24. The van der Waals surface area contributed by atoms with Crippen molar-refractivity contribution in [1.29, 1.82) is 0 Å². The molecule has 0 aliphatic heterocycles. The maximum Gasteiger partial charge on any atom is 0.337 e. The van der Waals surface area contributed by atoms with E-state index in [0.29, 0.717) is 0 Å². The van der Waals surface area contributed by atoms with Crippen LogP contribution in [0.4, 0.5) is 0 Å². The number of rotatable bonds is 6. The predicted molar refractivity (Wildman–Crippen MR) is 59.5 cm³/mol. The van der Waals surface area contributed by atoms with Gasteiger partial charge in [0, 0.05) is 0 Å². The topological polar surface area (TPSA) is 124 Å². The van der Waals surface area contributed by atoms with Crippen LogP contribution in [-0.2, 0) is 14.2 Å². The fourth-order valence-electron chi connectivity index (χ4n) is 0.832. The molecule has 0 fully saturated rings. The Morgan fingerprint density at radius 2 is 1.94 bits per heavy atom. The third kappa shape index (κ3) is 4.98. The first kappa shape index (κ1) is 15.4. The van der Waals surface area contributed by atoms with Crippen molar-refractivity contribution >= 4 is 32.1 Å². The van der Waals surface area contributed by atoms with Crippen LogP contribution in [-0.4, -0.2) is 44.2 Å². The molecule has 0 aromatic heterocycles. The molecule has 16 heavy (non-hydrogen) atoms. The second-order valence-electron chi connectivity index (χ2n) is 3.18. The lowest BCUT2D eigenvalue weighted by Crippen LogP contribution is -2.44. The first-order valence-corrected chi connectivity index (χ1v) is 6.70. The summed E-state index contributed by atoms with van der Waals surface area (Å²) in [4.78, 5) is 39.4. The van der Waals surface area contributed by atoms with Crippen LogP contribution in [0.2, 0.25) is 0 Å². The molecule has 0 saturated heterocycles. The van der Waals surface area contributed by atoms with E-state index < -0.39 is 31.2 Å². The molecular weight excluding hydrogens is 257 g/mol. The molecule has 94 valence electrons. The predicted octanol–water partition coefficient (Wildman–Crippen LogP) is -0.558. The van der Waals surface area contributed by atoms with E-state index in [-0.39, 0.29) is 12.2 Å². The third-order valence-electron chi connectivity index (χ3n) is 1.92. The number of carbonyl (C=O) groups is 2. The monoisotopic (exact) mass is 271 g/mol. The number of carboxylic acids is 1. The van der Waals surface area contributed by atoms with Gasteiger partial charge in [0.2, 0.25) is 5.91 Å². The van der Waals surface area contributed by atoms with Gasteiger partial charge in [-0.25, -0.2) is 4.79 Å². The van der Waals surface area contributed by atoms with Gasteiger partial charge >= 0.3 is 13.6 Å². The van der Waals surface area contributed by atoms with Crippen LogP contribution >= 0.6 is 20.2 Å². The number of hydrogen-bond acceptors (Lipinski definition) is 4. The van der Waals surface area contributed by atoms with E-state index in [1.54, 1.807) is 0 Å². The lowest BCUT2D eigenvalue weighted by molar-refractivity contribution is -0.141. The van der Waals surface area contributed by atoms with Gasteiger partial charge in [0.05, 0.1) is 0 Å². The minimum absolute atomic E-state index is 0.0814. The molecule has 0 radical (unpaired) electrons. The maximum atomic E-state index is 11.3. The van der Waals surface area contributed by atoms with E-state index in [1.807, 2.05) is 5.32 Å². The van der Waals surface area contributed by atoms with Crippen molar-refractivity contribution in [2.24, 2.45) is 0 Å². The fraction of sp³-hybridized carbons (Fsp3) is 0.714. The van der Waals surface area contributed by atoms with Gasteiger partial charge in [0.15, 0.2) is 0 Å². The molecule has 1 amide bonds. The molecule has 7 nitrogen and oxygen atoms in total. The smallest absolute Gasteiger partial charge is 0.337 e. The number of thiol groups is 1. The quantitative estimate of drug-likeness (QED) is 0.326. The van der Waals surface area contributed by atoms with Gasteiger partial charge < -0.3 is 20.2 Å². The van der Waals surface area contributed by atoms with Crippen molar-refractivity contribution in [2.75, 3.05) is 5.75 Å². The molecule has 0 aromatic carbocycles. The van der Waals surface area contributed by atoms with E-state index in [2.05, 4.69) is 12.6 Å². The highest BCUT2D eigenvalue weighted by molar-refractivity contribution is 7.80. The third-order valence-corrected chi connectivity index (χ3v) is 3.42. The number of aliphatic carboxylic acids is 1. The largest absolute Gasteiger partial charge is 0.480 e. The van der Waals surface area contributed by atoms with Gasteiger partial charge in [-0.05, 0) is 19.1 Å². The molecule has 0 aromatic rings. The number of nitrogens with one attached hydrogen (secondary N) is 1. The molecule has 2 atom stereocenters. The normalized spacial score (nSPS) is 15.2. The van der Waals surface area contributed by atoms with E-state index in [9.17, 15) is 14.2 Å². The van der Waals surface area contributed by atoms with E-state index in [4.69, 9.17) is 14.9 Å². The van der Waals surface area contributed by atoms with Crippen LogP contribution in [0.1, 0.15) is 13.3 Å². The lowest BCUT2D eigenvalue weighted by atomic mass is 10.2. The molecule has 0 aliphatic rings. The summed E-state index contributed by atoms with van der Waals surface area (Å²) in [5, 5.41) is 10.7. The van der Waals surface area contributed by atoms with Gasteiger partial charge in [0.1, 0.15) is 11.7 Å². The summed E-state index contributed by atoms with van der Waals surface area (Å²) in [5.41, 5.74) is -1.56. The Kier molecular flexibility index (Phi) is 6.02. The SMILES string of the molecule is CC(C(=O)NC(CCS)C(=O)O)P(=O)(O)O. The van der Waals surface area contributed by atoms with Crippen molar-refractivity contribution in [2.45, 2.75) is 25.0 Å². The maximum absolute atomic E-state index is 11.3. The molecule has 2 unspecified atom stereocenters. The standard InChI is InChI=1S/C7H14NO6PS/c1-4(15(12,13)14)6(9)8-5(2-3-16)7(10)11/h4-5,16H,2-3H2,1H3,(H,8,9)(H,10,11)(H2,12,13,14). The van der Waals surface area contributed by atoms with Gasteiger partial charge in [-0.1, -0.05) is 0 Å². The van der Waals surface area contributed by atoms with Crippen LogP contribution in [0.25, 0.3) is 0 Å². The van der Waals surface area contributed by atoms with E-state index in [0.717, 1.165) is 6.92 Å². The summed E-state index contributed by atoms with van der Waals surface area (Å²) in [6, 6.07) is -1.18. The molecule has 0 aliphatic carbocycles. The van der Waals surface area contributed by atoms with Crippen molar-refractivity contribution in [3.8, 4) is 0 Å². The first-order chi connectivity index (χ1) is 7.20. The summed E-state index contributed by atoms with van der Waals surface area (Å²) in [7, 11) is -4.54. The Labute approximate surface area is 97.8 Å². The average molecular weight is 271 g/mol. The Morgan fingerprint density at radius 1 is 1.44 bits per heavy atom. The molecule has 0 spiro atoms. The molecule has 4 N–H and O–H groups in total. The Balaban J connectivity index is 4.53. The number of amides is 1. The van der Waals surface area contributed by atoms with Gasteiger partial charge in [-0.2, -0.15) is 12.6 Å². The van der Waals surface area contributed by atoms with Crippen molar-refractivity contribution in [3.05, 3.63) is 0 Å². The molecular formula is C7H14NO6PS. The van der Waals surface area contributed by atoms with Gasteiger partial charge in [-0.15, -0.1) is 0 Å². The number of carbonyl (C=O) groups excluding carboxylic acids is 1. The first-order valence-electron chi connectivity index (χ1n) is 4.39. The second-order valence-corrected chi connectivity index (χ2v) is 5.58. The minimum atomic E-state index is -4.54. The minimum Gasteiger partial charge on any atom is -0.480 e. The Hall–Kier alpha value is -0.560.